The molecule has 0 aromatic heterocycles. The van der Waals surface area contributed by atoms with Crippen LogP contribution in [-0.4, -0.2) is 57.4 Å². The Bertz CT molecular complexity index is 496. The molecule has 1 heterocycles. The molecule has 1 saturated heterocycles. The number of aliphatic hydroxyl groups is 1. The Labute approximate surface area is 127 Å². The highest BCUT2D eigenvalue weighted by molar-refractivity contribution is 7.47. The van der Waals surface area contributed by atoms with Crippen LogP contribution in [0.5, 0.6) is 0 Å². The van der Waals surface area contributed by atoms with Gasteiger partial charge in [-0.25, -0.2) is 9.13 Å². The van der Waals surface area contributed by atoms with Crippen molar-refractivity contribution in [3.63, 3.8) is 0 Å². The summed E-state index contributed by atoms with van der Waals surface area (Å²) >= 11 is 0. The molecule has 0 aromatic rings. The zero-order chi connectivity index (χ0) is 17.0. The quantitative estimate of drug-likeness (QED) is 0.259. The number of hydrogen-bond acceptors (Lipinski definition) is 7. The lowest BCUT2D eigenvalue weighted by Crippen LogP contribution is -2.36. The maximum absolute atomic E-state index is 11.7. The molecule has 10 nitrogen and oxygen atoms in total. The lowest BCUT2D eigenvalue weighted by molar-refractivity contribution is -0.0190. The first-order valence-corrected chi connectivity index (χ1v) is 9.21. The summed E-state index contributed by atoms with van der Waals surface area (Å²) in [4.78, 5) is 26.8. The smallest absolute Gasteiger partial charge is 0.388 e. The number of terminal acetylenes is 1. The van der Waals surface area contributed by atoms with Crippen LogP contribution in [0.4, 0.5) is 0 Å². The normalized spacial score (nSPS) is 31.6. The fourth-order valence-electron chi connectivity index (χ4n) is 1.76. The van der Waals surface area contributed by atoms with Crippen LogP contribution in [0.2, 0.25) is 0 Å². The van der Waals surface area contributed by atoms with Gasteiger partial charge < -0.3 is 24.5 Å². The second-order valence-electron chi connectivity index (χ2n) is 4.48. The minimum Gasteiger partial charge on any atom is -0.388 e. The molecule has 1 aliphatic heterocycles. The zero-order valence-electron chi connectivity index (χ0n) is 11.6. The minimum absolute atomic E-state index is 0.0821. The molecule has 0 saturated carbocycles. The van der Waals surface area contributed by atoms with Gasteiger partial charge in [0.25, 0.3) is 0 Å². The summed E-state index contributed by atoms with van der Waals surface area (Å²) in [7, 11) is -9.28. The van der Waals surface area contributed by atoms with Crippen LogP contribution in [0, 0.1) is 12.3 Å². The molecule has 0 aliphatic carbocycles. The first-order chi connectivity index (χ1) is 10.1. The second kappa shape index (κ2) is 7.99. The topological polar surface area (TPSA) is 152 Å². The summed E-state index contributed by atoms with van der Waals surface area (Å²) in [5.41, 5.74) is 0. The largest absolute Gasteiger partial charge is 0.472 e. The molecule has 2 unspecified atom stereocenters. The number of rotatable bonds is 8. The molecule has 128 valence electrons. The summed E-state index contributed by atoms with van der Waals surface area (Å²) in [6.07, 6.45) is 0.443. The van der Waals surface area contributed by atoms with Crippen molar-refractivity contribution in [1.82, 2.24) is 0 Å². The summed E-state index contributed by atoms with van der Waals surface area (Å²) in [5.74, 6) is 2.20. The van der Waals surface area contributed by atoms with E-state index in [9.17, 15) is 19.1 Å². The van der Waals surface area contributed by atoms with Crippen molar-refractivity contribution in [3.8, 4) is 12.3 Å². The molecule has 1 rings (SSSR count). The summed E-state index contributed by atoms with van der Waals surface area (Å²) in [6.45, 7) is 0.591. The van der Waals surface area contributed by atoms with Crippen molar-refractivity contribution in [1.29, 1.82) is 0 Å². The lowest BCUT2D eigenvalue weighted by Gasteiger charge is -2.23. The van der Waals surface area contributed by atoms with Gasteiger partial charge in [-0.2, -0.15) is 0 Å². The van der Waals surface area contributed by atoms with E-state index in [0.717, 1.165) is 0 Å². The molecule has 1 fully saturated rings. The first-order valence-electron chi connectivity index (χ1n) is 6.18. The van der Waals surface area contributed by atoms with E-state index in [-0.39, 0.29) is 13.0 Å². The number of phosphoric acid groups is 2. The molecule has 1 aliphatic rings. The lowest BCUT2D eigenvalue weighted by atomic mass is 10.1. The van der Waals surface area contributed by atoms with Crippen molar-refractivity contribution in [2.45, 2.75) is 37.8 Å². The third kappa shape index (κ3) is 6.44. The van der Waals surface area contributed by atoms with Crippen molar-refractivity contribution in [2.24, 2.45) is 0 Å². The van der Waals surface area contributed by atoms with Crippen molar-refractivity contribution >= 4 is 15.6 Å². The van der Waals surface area contributed by atoms with Crippen molar-refractivity contribution in [2.75, 3.05) is 13.2 Å². The third-order valence-corrected chi connectivity index (χ3v) is 4.24. The predicted molar refractivity (Wildman–Crippen MR) is 72.4 cm³/mol. The number of phosphoric ester groups is 2. The monoisotopic (exact) mass is 360 g/mol. The average Bonchev–Trinajstić information content (AvgIpc) is 2.63. The van der Waals surface area contributed by atoms with Gasteiger partial charge in [-0.3, -0.25) is 13.6 Å². The molecular weight excluding hydrogens is 342 g/mol. The van der Waals surface area contributed by atoms with Crippen molar-refractivity contribution in [3.05, 3.63) is 0 Å². The molecule has 0 amide bonds. The van der Waals surface area contributed by atoms with Crippen LogP contribution in [0.1, 0.15) is 13.3 Å². The van der Waals surface area contributed by atoms with Gasteiger partial charge in [0.2, 0.25) is 0 Å². The van der Waals surface area contributed by atoms with Crippen LogP contribution < -0.4 is 0 Å². The minimum atomic E-state index is -4.76. The SMILES string of the molecule is C#CCCOP(=O)(O)O[C@@H]1C(O)[C@H](C)O[C@@H]1COP(=O)(O)O. The van der Waals surface area contributed by atoms with Gasteiger partial charge in [-0.05, 0) is 6.92 Å². The first kappa shape index (κ1) is 19.7. The van der Waals surface area contributed by atoms with E-state index in [1.54, 1.807) is 0 Å². The Balaban J connectivity index is 2.68. The molecular formula is C10H18O10P2. The number of ether oxygens (including phenoxy) is 1. The number of aliphatic hydroxyl groups excluding tert-OH is 1. The highest BCUT2D eigenvalue weighted by atomic mass is 31.2. The van der Waals surface area contributed by atoms with Crippen LogP contribution in [0.15, 0.2) is 0 Å². The molecule has 12 heteroatoms. The predicted octanol–water partition coefficient (Wildman–Crippen LogP) is -0.231. The highest BCUT2D eigenvalue weighted by Crippen LogP contribution is 2.48. The molecule has 4 N–H and O–H groups in total. The van der Waals surface area contributed by atoms with Gasteiger partial charge in [0.05, 0.1) is 19.3 Å². The second-order valence-corrected chi connectivity index (χ2v) is 7.13. The van der Waals surface area contributed by atoms with E-state index in [1.165, 1.54) is 6.92 Å². The Morgan fingerprint density at radius 3 is 2.45 bits per heavy atom. The maximum Gasteiger partial charge on any atom is 0.472 e. The number of hydrogen-bond donors (Lipinski definition) is 4. The summed E-state index contributed by atoms with van der Waals surface area (Å²) < 4.78 is 41.3. The third-order valence-electron chi connectivity index (χ3n) is 2.74. The van der Waals surface area contributed by atoms with Crippen LogP contribution >= 0.6 is 15.6 Å². The van der Waals surface area contributed by atoms with Gasteiger partial charge in [-0.1, -0.05) is 0 Å². The van der Waals surface area contributed by atoms with Gasteiger partial charge in [-0.15, -0.1) is 12.3 Å². The van der Waals surface area contributed by atoms with E-state index in [1.807, 2.05) is 0 Å². The van der Waals surface area contributed by atoms with Crippen LogP contribution in [0.25, 0.3) is 0 Å². The van der Waals surface area contributed by atoms with Crippen molar-refractivity contribution < 1.29 is 47.2 Å². The van der Waals surface area contributed by atoms with E-state index < -0.39 is 46.7 Å². The van der Waals surface area contributed by atoms with Crippen LogP contribution in [0.3, 0.4) is 0 Å². The zero-order valence-corrected chi connectivity index (χ0v) is 13.4. The average molecular weight is 360 g/mol. The Kier molecular flexibility index (Phi) is 7.18. The van der Waals surface area contributed by atoms with Crippen LogP contribution in [-0.2, 0) is 27.4 Å². The summed E-state index contributed by atoms with van der Waals surface area (Å²) in [6, 6.07) is 0. The molecule has 22 heavy (non-hydrogen) atoms. The molecule has 0 bridgehead atoms. The van der Waals surface area contributed by atoms with Gasteiger partial charge >= 0.3 is 15.6 Å². The Hall–Kier alpha value is -0.300. The molecule has 0 spiro atoms. The standard InChI is InChI=1S/C10H18O10P2/c1-3-4-5-17-22(15,16)20-10-8(6-18-21(12,13)14)19-7(2)9(10)11/h1,7-11H,4-6H2,2H3,(H,15,16)(H2,12,13,14)/t7-,8+,9?,10-/m0/s1. The highest BCUT2D eigenvalue weighted by Gasteiger charge is 2.46. The van der Waals surface area contributed by atoms with Gasteiger partial charge in [0.1, 0.15) is 18.3 Å². The molecule has 0 radical (unpaired) electrons. The van der Waals surface area contributed by atoms with E-state index in [2.05, 4.69) is 15.0 Å². The van der Waals surface area contributed by atoms with Gasteiger partial charge in [0, 0.05) is 6.42 Å². The molecule has 5 atom stereocenters. The van der Waals surface area contributed by atoms with Gasteiger partial charge in [0.15, 0.2) is 0 Å². The Morgan fingerprint density at radius 2 is 1.91 bits per heavy atom. The maximum atomic E-state index is 11.7. The van der Waals surface area contributed by atoms with E-state index in [4.69, 9.17) is 25.5 Å². The summed E-state index contributed by atoms with van der Waals surface area (Å²) in [5, 5.41) is 9.87. The molecule has 0 aromatic carbocycles. The fraction of sp³-hybridized carbons (Fsp3) is 0.800. The Morgan fingerprint density at radius 1 is 1.27 bits per heavy atom. The fourth-order valence-corrected chi connectivity index (χ4v) is 3.05. The van der Waals surface area contributed by atoms with E-state index in [0.29, 0.717) is 0 Å². The van der Waals surface area contributed by atoms with E-state index >= 15 is 0 Å².